The van der Waals surface area contributed by atoms with E-state index in [1.54, 1.807) is 0 Å². The molecule has 0 aromatic heterocycles. The number of carbonyl (C=O) groups excluding carboxylic acids is 1. The van der Waals surface area contributed by atoms with Crippen LogP contribution in [0.3, 0.4) is 0 Å². The third-order valence-corrected chi connectivity index (χ3v) is 4.87. The lowest BCUT2D eigenvalue weighted by molar-refractivity contribution is -0.145. The lowest BCUT2D eigenvalue weighted by atomic mass is 9.99. The number of hydrogen-bond donors (Lipinski definition) is 0. The Morgan fingerprint density at radius 3 is 2.33 bits per heavy atom. The number of hydrogen-bond acceptors (Lipinski definition) is 3. The highest BCUT2D eigenvalue weighted by Gasteiger charge is 2.27. The molecule has 0 bridgehead atoms. The largest absolute Gasteiger partial charge is 0.466 e. The van der Waals surface area contributed by atoms with Crippen molar-refractivity contribution in [3.05, 3.63) is 84.4 Å². The molecule has 0 saturated heterocycles. The summed E-state index contributed by atoms with van der Waals surface area (Å²) in [6, 6.07) is 21.2. The Morgan fingerprint density at radius 1 is 1.11 bits per heavy atom. The van der Waals surface area contributed by atoms with Crippen molar-refractivity contribution in [1.29, 1.82) is 0 Å². The first-order chi connectivity index (χ1) is 13.2. The number of nitrogens with zero attached hydrogens (tertiary/aromatic N) is 1. The van der Waals surface area contributed by atoms with Crippen LogP contribution < -0.4 is 0 Å². The third-order valence-electron chi connectivity index (χ3n) is 4.87. The normalized spacial score (nSPS) is 13.1. The highest BCUT2D eigenvalue weighted by Crippen LogP contribution is 2.28. The maximum Gasteiger partial charge on any atom is 0.307 e. The number of allylic oxidation sites excluding steroid dienone is 1. The van der Waals surface area contributed by atoms with E-state index < -0.39 is 0 Å². The summed E-state index contributed by atoms with van der Waals surface area (Å²) in [5, 5.41) is 0. The van der Waals surface area contributed by atoms with Gasteiger partial charge in [0, 0.05) is 18.6 Å². The Morgan fingerprint density at radius 2 is 1.74 bits per heavy atom. The van der Waals surface area contributed by atoms with E-state index in [0.29, 0.717) is 13.0 Å². The van der Waals surface area contributed by atoms with Gasteiger partial charge in [0.2, 0.25) is 0 Å². The summed E-state index contributed by atoms with van der Waals surface area (Å²) < 4.78 is 5.25. The molecule has 0 amide bonds. The highest BCUT2D eigenvalue weighted by molar-refractivity contribution is 5.70. The van der Waals surface area contributed by atoms with Crippen LogP contribution in [-0.2, 0) is 16.1 Å². The van der Waals surface area contributed by atoms with Crippen LogP contribution in [-0.4, -0.2) is 23.5 Å². The highest BCUT2D eigenvalue weighted by atomic mass is 16.5. The summed E-state index contributed by atoms with van der Waals surface area (Å²) in [7, 11) is 0. The van der Waals surface area contributed by atoms with Crippen LogP contribution in [0.25, 0.3) is 0 Å². The van der Waals surface area contributed by atoms with Crippen molar-refractivity contribution in [2.45, 2.75) is 51.7 Å². The topological polar surface area (TPSA) is 29.5 Å². The van der Waals surface area contributed by atoms with Gasteiger partial charge < -0.3 is 4.74 Å². The van der Waals surface area contributed by atoms with E-state index in [4.69, 9.17) is 4.74 Å². The molecule has 0 aliphatic rings. The summed E-state index contributed by atoms with van der Waals surface area (Å²) in [5.41, 5.74) is 2.49. The van der Waals surface area contributed by atoms with Crippen molar-refractivity contribution >= 4 is 5.97 Å². The molecule has 0 aliphatic heterocycles. The van der Waals surface area contributed by atoms with E-state index in [1.807, 2.05) is 25.1 Å². The van der Waals surface area contributed by atoms with Gasteiger partial charge in [-0.25, -0.2) is 0 Å². The predicted molar refractivity (Wildman–Crippen MR) is 111 cm³/mol. The van der Waals surface area contributed by atoms with Crippen molar-refractivity contribution in [3.8, 4) is 0 Å². The second-order valence-electron chi connectivity index (χ2n) is 6.77. The molecule has 0 radical (unpaired) electrons. The molecule has 3 heteroatoms. The van der Waals surface area contributed by atoms with Gasteiger partial charge >= 0.3 is 5.97 Å². The predicted octanol–water partition coefficient (Wildman–Crippen LogP) is 5.54. The van der Waals surface area contributed by atoms with Crippen molar-refractivity contribution in [3.63, 3.8) is 0 Å². The van der Waals surface area contributed by atoms with E-state index in [0.717, 1.165) is 19.4 Å². The summed E-state index contributed by atoms with van der Waals surface area (Å²) >= 11 is 0. The minimum atomic E-state index is -0.134. The Kier molecular flexibility index (Phi) is 8.79. The molecule has 2 rings (SSSR count). The van der Waals surface area contributed by atoms with Crippen LogP contribution in [0.15, 0.2) is 73.3 Å². The maximum atomic E-state index is 12.3. The quantitative estimate of drug-likeness (QED) is 0.387. The molecule has 2 aromatic rings. The van der Waals surface area contributed by atoms with E-state index in [1.165, 1.54) is 11.1 Å². The lowest BCUT2D eigenvalue weighted by Crippen LogP contribution is -2.38. The van der Waals surface area contributed by atoms with Crippen LogP contribution in [0.2, 0.25) is 0 Å². The van der Waals surface area contributed by atoms with Crippen LogP contribution >= 0.6 is 0 Å². The van der Waals surface area contributed by atoms with Crippen molar-refractivity contribution in [2.75, 3.05) is 6.61 Å². The van der Waals surface area contributed by atoms with E-state index in [2.05, 4.69) is 66.9 Å². The zero-order chi connectivity index (χ0) is 19.5. The summed E-state index contributed by atoms with van der Waals surface area (Å²) in [6.07, 6.45) is 4.07. The summed E-state index contributed by atoms with van der Waals surface area (Å²) in [5.74, 6) is -0.134. The number of ether oxygens (including phenoxy) is 1. The number of esters is 1. The summed E-state index contributed by atoms with van der Waals surface area (Å²) in [4.78, 5) is 14.7. The molecule has 0 unspecified atom stereocenters. The van der Waals surface area contributed by atoms with Gasteiger partial charge in [-0.3, -0.25) is 9.69 Å². The molecule has 0 fully saturated rings. The molecule has 0 aliphatic carbocycles. The molecule has 27 heavy (non-hydrogen) atoms. The monoisotopic (exact) mass is 365 g/mol. The molecule has 2 aromatic carbocycles. The average Bonchev–Trinajstić information content (AvgIpc) is 2.70. The number of benzene rings is 2. The maximum absolute atomic E-state index is 12.3. The molecule has 144 valence electrons. The average molecular weight is 366 g/mol. The van der Waals surface area contributed by atoms with Crippen LogP contribution in [0, 0.1) is 0 Å². The Bertz CT molecular complexity index is 684. The standard InChI is InChI=1S/C24H31NO2/c1-4-6-17-23(18-24(26)27-5-2)25(19-21-13-9-7-10-14-21)20(3)22-15-11-8-12-16-22/h4,7-16,20,23H,1,5-6,17-19H2,2-3H3/t20-,23-/m0/s1. The molecule has 2 atom stereocenters. The van der Waals surface area contributed by atoms with Crippen LogP contribution in [0.5, 0.6) is 0 Å². The van der Waals surface area contributed by atoms with Crippen molar-refractivity contribution in [2.24, 2.45) is 0 Å². The minimum absolute atomic E-state index is 0.0949. The van der Waals surface area contributed by atoms with E-state index in [-0.39, 0.29) is 18.1 Å². The fourth-order valence-corrected chi connectivity index (χ4v) is 3.41. The van der Waals surface area contributed by atoms with E-state index >= 15 is 0 Å². The van der Waals surface area contributed by atoms with Crippen LogP contribution in [0.4, 0.5) is 0 Å². The Labute approximate surface area is 163 Å². The second-order valence-corrected chi connectivity index (χ2v) is 6.77. The number of rotatable bonds is 11. The van der Waals surface area contributed by atoms with Crippen molar-refractivity contribution in [1.82, 2.24) is 4.90 Å². The number of carbonyl (C=O) groups is 1. The summed E-state index contributed by atoms with van der Waals surface area (Å²) in [6.45, 7) is 9.13. The van der Waals surface area contributed by atoms with Gasteiger partial charge in [-0.2, -0.15) is 0 Å². The van der Waals surface area contributed by atoms with Crippen LogP contribution in [0.1, 0.15) is 50.3 Å². The molecule has 0 heterocycles. The molecule has 3 nitrogen and oxygen atoms in total. The van der Waals surface area contributed by atoms with E-state index in [9.17, 15) is 4.79 Å². The first-order valence-electron chi connectivity index (χ1n) is 9.76. The van der Waals surface area contributed by atoms with Gasteiger partial charge in [0.1, 0.15) is 0 Å². The fourth-order valence-electron chi connectivity index (χ4n) is 3.41. The minimum Gasteiger partial charge on any atom is -0.466 e. The molecular formula is C24H31NO2. The molecule has 0 N–H and O–H groups in total. The molecule has 0 saturated carbocycles. The first-order valence-corrected chi connectivity index (χ1v) is 9.76. The van der Waals surface area contributed by atoms with Gasteiger partial charge in [0.15, 0.2) is 0 Å². The van der Waals surface area contributed by atoms with Crippen molar-refractivity contribution < 1.29 is 9.53 Å². The zero-order valence-electron chi connectivity index (χ0n) is 16.5. The van der Waals surface area contributed by atoms with Gasteiger partial charge in [0.05, 0.1) is 13.0 Å². The fraction of sp³-hybridized carbons (Fsp3) is 0.375. The Hall–Kier alpha value is -2.39. The van der Waals surface area contributed by atoms with Gasteiger partial charge in [-0.15, -0.1) is 6.58 Å². The van der Waals surface area contributed by atoms with Gasteiger partial charge in [0.25, 0.3) is 0 Å². The molecule has 0 spiro atoms. The SMILES string of the molecule is C=CCC[C@@H](CC(=O)OCC)N(Cc1ccccc1)[C@@H](C)c1ccccc1. The Balaban J connectivity index is 2.30. The molecular weight excluding hydrogens is 334 g/mol. The smallest absolute Gasteiger partial charge is 0.307 e. The zero-order valence-corrected chi connectivity index (χ0v) is 16.5. The second kappa shape index (κ2) is 11.3. The first kappa shape index (κ1) is 20.9. The van der Waals surface area contributed by atoms with Gasteiger partial charge in [-0.05, 0) is 37.8 Å². The lowest BCUT2D eigenvalue weighted by Gasteiger charge is -2.36. The van der Waals surface area contributed by atoms with Gasteiger partial charge in [-0.1, -0.05) is 66.7 Å². The third kappa shape index (κ3) is 6.69.